The monoisotopic (exact) mass is 633 g/mol. The van der Waals surface area contributed by atoms with Gasteiger partial charge in [0.2, 0.25) is 11.8 Å². The molecule has 7 nitrogen and oxygen atoms in total. The van der Waals surface area contributed by atoms with Crippen molar-refractivity contribution in [3.63, 3.8) is 0 Å². The van der Waals surface area contributed by atoms with Crippen LogP contribution in [-0.2, 0) is 26.2 Å². The van der Waals surface area contributed by atoms with E-state index >= 15 is 0 Å². The van der Waals surface area contributed by atoms with Crippen LogP contribution in [0.3, 0.4) is 0 Å². The third kappa shape index (κ3) is 7.54. The Balaban J connectivity index is 2.03. The summed E-state index contributed by atoms with van der Waals surface area (Å²) >= 11 is 2.14. The number of hydrogen-bond donors (Lipinski definition) is 1. The third-order valence-electron chi connectivity index (χ3n) is 5.74. The first-order chi connectivity index (χ1) is 17.6. The average molecular weight is 634 g/mol. The lowest BCUT2D eigenvalue weighted by molar-refractivity contribution is -0.140. The van der Waals surface area contributed by atoms with Crippen LogP contribution in [0.4, 0.5) is 5.69 Å². The number of carbonyl (C=O) groups excluding carboxylic acids is 2. The van der Waals surface area contributed by atoms with Gasteiger partial charge < -0.3 is 10.2 Å². The molecule has 0 aliphatic rings. The van der Waals surface area contributed by atoms with Gasteiger partial charge in [-0.2, -0.15) is 0 Å². The van der Waals surface area contributed by atoms with Gasteiger partial charge in [-0.3, -0.25) is 13.9 Å². The number of nitrogens with zero attached hydrogens (tertiary/aromatic N) is 2. The number of amides is 2. The Morgan fingerprint density at radius 1 is 0.892 bits per heavy atom. The highest BCUT2D eigenvalue weighted by Gasteiger charge is 2.33. The molecule has 0 fully saturated rings. The molecule has 0 unspecified atom stereocenters. The van der Waals surface area contributed by atoms with Crippen LogP contribution in [0.2, 0.25) is 0 Å². The zero-order valence-corrected chi connectivity index (χ0v) is 24.1. The van der Waals surface area contributed by atoms with Crippen LogP contribution >= 0.6 is 22.6 Å². The molecule has 0 saturated heterocycles. The Morgan fingerprint density at radius 2 is 1.46 bits per heavy atom. The summed E-state index contributed by atoms with van der Waals surface area (Å²) in [4.78, 5) is 28.6. The Hall–Kier alpha value is -2.92. The molecule has 3 aromatic rings. The SMILES string of the molecule is CC[C@@H](C(=O)NC(C)C)N(Cc1ccccc1)C(=O)CN(c1ccc(I)cc1)S(=O)(=O)c1ccccc1. The van der Waals surface area contributed by atoms with E-state index in [0.717, 1.165) is 13.4 Å². The third-order valence-corrected chi connectivity index (χ3v) is 8.24. The van der Waals surface area contributed by atoms with E-state index in [-0.39, 0.29) is 23.4 Å². The summed E-state index contributed by atoms with van der Waals surface area (Å²) in [6, 6.07) is 23.5. The van der Waals surface area contributed by atoms with Gasteiger partial charge in [-0.05, 0) is 84.8 Å². The molecule has 196 valence electrons. The summed E-state index contributed by atoms with van der Waals surface area (Å²) in [5.74, 6) is -0.735. The molecule has 2 amide bonds. The van der Waals surface area contributed by atoms with Crippen molar-refractivity contribution in [1.29, 1.82) is 0 Å². The fraction of sp³-hybridized carbons (Fsp3) is 0.286. The maximum atomic E-state index is 13.9. The summed E-state index contributed by atoms with van der Waals surface area (Å²) in [6.45, 7) is 5.29. The van der Waals surface area contributed by atoms with Crippen LogP contribution in [0.5, 0.6) is 0 Å². The molecule has 1 N–H and O–H groups in total. The zero-order chi connectivity index (χ0) is 27.0. The largest absolute Gasteiger partial charge is 0.352 e. The van der Waals surface area contributed by atoms with E-state index < -0.39 is 28.5 Å². The maximum absolute atomic E-state index is 13.9. The Bertz CT molecular complexity index is 1280. The van der Waals surface area contributed by atoms with Gasteiger partial charge >= 0.3 is 0 Å². The Labute approximate surface area is 233 Å². The number of nitrogens with one attached hydrogen (secondary N) is 1. The highest BCUT2D eigenvalue weighted by atomic mass is 127. The summed E-state index contributed by atoms with van der Waals surface area (Å²) < 4.78 is 29.5. The molecule has 0 aliphatic carbocycles. The second-order valence-electron chi connectivity index (χ2n) is 8.90. The number of benzene rings is 3. The molecular weight excluding hydrogens is 601 g/mol. The summed E-state index contributed by atoms with van der Waals surface area (Å²) in [5.41, 5.74) is 1.22. The van der Waals surface area contributed by atoms with E-state index in [2.05, 4.69) is 27.9 Å². The summed E-state index contributed by atoms with van der Waals surface area (Å²) in [5, 5.41) is 2.90. The van der Waals surface area contributed by atoms with E-state index in [1.165, 1.54) is 17.0 Å². The molecular formula is C28H32IN3O4S. The normalized spacial score (nSPS) is 12.1. The van der Waals surface area contributed by atoms with Crippen molar-refractivity contribution < 1.29 is 18.0 Å². The number of sulfonamides is 1. The lowest BCUT2D eigenvalue weighted by Gasteiger charge is -2.33. The molecule has 9 heteroatoms. The second-order valence-corrected chi connectivity index (χ2v) is 12.0. The van der Waals surface area contributed by atoms with Gasteiger partial charge in [0.1, 0.15) is 12.6 Å². The molecule has 37 heavy (non-hydrogen) atoms. The number of halogens is 1. The van der Waals surface area contributed by atoms with Gasteiger partial charge in [0.25, 0.3) is 10.0 Å². The van der Waals surface area contributed by atoms with Crippen LogP contribution < -0.4 is 9.62 Å². The van der Waals surface area contributed by atoms with Gasteiger partial charge in [-0.1, -0.05) is 55.5 Å². The minimum absolute atomic E-state index is 0.0838. The van der Waals surface area contributed by atoms with Crippen LogP contribution in [0.1, 0.15) is 32.8 Å². The molecule has 3 aromatic carbocycles. The highest BCUT2D eigenvalue weighted by molar-refractivity contribution is 14.1. The van der Waals surface area contributed by atoms with Crippen molar-refractivity contribution in [3.8, 4) is 0 Å². The second kappa shape index (κ2) is 13.0. The Morgan fingerprint density at radius 3 is 2.00 bits per heavy atom. The van der Waals surface area contributed by atoms with Gasteiger partial charge in [-0.15, -0.1) is 0 Å². The lowest BCUT2D eigenvalue weighted by Crippen LogP contribution is -2.53. The predicted molar refractivity (Wildman–Crippen MR) is 154 cm³/mol. The number of anilines is 1. The smallest absolute Gasteiger partial charge is 0.264 e. The van der Waals surface area contributed by atoms with Crippen LogP contribution in [0, 0.1) is 3.57 Å². The molecule has 0 aliphatic heterocycles. The zero-order valence-electron chi connectivity index (χ0n) is 21.2. The van der Waals surface area contributed by atoms with Crippen molar-refractivity contribution in [2.45, 2.75) is 50.7 Å². The minimum atomic E-state index is -4.06. The average Bonchev–Trinajstić information content (AvgIpc) is 2.88. The number of hydrogen-bond acceptors (Lipinski definition) is 4. The predicted octanol–water partition coefficient (Wildman–Crippen LogP) is 4.82. The standard InChI is InChI=1S/C28H32IN3O4S/c1-4-26(28(34)30-21(2)3)31(19-22-11-7-5-8-12-22)27(33)20-32(24-17-15-23(29)16-18-24)37(35,36)25-13-9-6-10-14-25/h5-18,21,26H,4,19-20H2,1-3H3,(H,30,34)/t26-/m0/s1. The van der Waals surface area contributed by atoms with E-state index in [0.29, 0.717) is 12.1 Å². The van der Waals surface area contributed by atoms with Crippen LogP contribution in [-0.4, -0.2) is 43.8 Å². The van der Waals surface area contributed by atoms with Crippen molar-refractivity contribution in [2.24, 2.45) is 0 Å². The molecule has 0 aromatic heterocycles. The highest BCUT2D eigenvalue weighted by Crippen LogP contribution is 2.25. The van der Waals surface area contributed by atoms with Crippen molar-refractivity contribution in [3.05, 3.63) is 94.1 Å². The minimum Gasteiger partial charge on any atom is -0.352 e. The van der Waals surface area contributed by atoms with E-state index in [4.69, 9.17) is 0 Å². The fourth-order valence-corrected chi connectivity index (χ4v) is 5.73. The van der Waals surface area contributed by atoms with E-state index in [1.54, 1.807) is 42.5 Å². The van der Waals surface area contributed by atoms with Gasteiger partial charge in [0.05, 0.1) is 10.6 Å². The van der Waals surface area contributed by atoms with Crippen LogP contribution in [0.15, 0.2) is 89.8 Å². The topological polar surface area (TPSA) is 86.8 Å². The van der Waals surface area contributed by atoms with E-state index in [1.807, 2.05) is 51.1 Å². The first-order valence-corrected chi connectivity index (χ1v) is 14.6. The van der Waals surface area contributed by atoms with Gasteiger partial charge in [-0.25, -0.2) is 8.42 Å². The van der Waals surface area contributed by atoms with Gasteiger partial charge in [0, 0.05) is 16.2 Å². The van der Waals surface area contributed by atoms with Crippen molar-refractivity contribution in [2.75, 3.05) is 10.8 Å². The summed E-state index contributed by atoms with van der Waals surface area (Å²) in [7, 11) is -4.06. The maximum Gasteiger partial charge on any atom is 0.264 e. The molecule has 0 spiro atoms. The summed E-state index contributed by atoms with van der Waals surface area (Å²) in [6.07, 6.45) is 0.381. The Kier molecular flexibility index (Phi) is 10.1. The van der Waals surface area contributed by atoms with Gasteiger partial charge in [0.15, 0.2) is 0 Å². The van der Waals surface area contributed by atoms with Crippen molar-refractivity contribution in [1.82, 2.24) is 10.2 Å². The fourth-order valence-electron chi connectivity index (χ4n) is 3.94. The first kappa shape index (κ1) is 28.6. The molecule has 0 heterocycles. The number of rotatable bonds is 11. The number of carbonyl (C=O) groups is 2. The van der Waals surface area contributed by atoms with E-state index in [9.17, 15) is 18.0 Å². The lowest BCUT2D eigenvalue weighted by atomic mass is 10.1. The molecule has 0 radical (unpaired) electrons. The van der Waals surface area contributed by atoms with Crippen LogP contribution in [0.25, 0.3) is 0 Å². The molecule has 0 saturated carbocycles. The quantitative estimate of drug-likeness (QED) is 0.307. The molecule has 3 rings (SSSR count). The molecule has 0 bridgehead atoms. The van der Waals surface area contributed by atoms with Crippen molar-refractivity contribution >= 4 is 50.1 Å². The first-order valence-electron chi connectivity index (χ1n) is 12.1. The molecule has 1 atom stereocenters.